The Morgan fingerprint density at radius 2 is 1.74 bits per heavy atom. The average molecular weight is 260 g/mol. The Morgan fingerprint density at radius 1 is 1.05 bits per heavy atom. The molecule has 0 amide bonds. The van der Waals surface area contributed by atoms with Gasteiger partial charge in [0.15, 0.2) is 0 Å². The van der Waals surface area contributed by atoms with Gasteiger partial charge in [-0.05, 0) is 48.2 Å². The van der Waals surface area contributed by atoms with Gasteiger partial charge in [0.1, 0.15) is 18.2 Å². The molecule has 0 bridgehead atoms. The molecule has 0 saturated carbocycles. The second kappa shape index (κ2) is 5.85. The van der Waals surface area contributed by atoms with Gasteiger partial charge in [-0.25, -0.2) is 4.39 Å². The van der Waals surface area contributed by atoms with E-state index in [1.165, 1.54) is 12.1 Å². The summed E-state index contributed by atoms with van der Waals surface area (Å²) in [6.07, 6.45) is 0. The maximum absolute atomic E-state index is 13.1. The Bertz CT molecular complexity index is 556. The Kier molecular flexibility index (Phi) is 4.17. The lowest BCUT2D eigenvalue weighted by molar-refractivity contribution is 0.280. The van der Waals surface area contributed by atoms with Crippen molar-refractivity contribution in [3.63, 3.8) is 0 Å². The van der Waals surface area contributed by atoms with Crippen molar-refractivity contribution < 1.29 is 14.2 Å². The molecule has 3 heteroatoms. The first kappa shape index (κ1) is 13.6. The number of hydrogen-bond acceptors (Lipinski definition) is 2. The first-order valence-electron chi connectivity index (χ1n) is 6.18. The van der Waals surface area contributed by atoms with Gasteiger partial charge in [0.05, 0.1) is 6.61 Å². The summed E-state index contributed by atoms with van der Waals surface area (Å²) in [5.41, 5.74) is 3.61. The van der Waals surface area contributed by atoms with Crippen molar-refractivity contribution in [2.24, 2.45) is 0 Å². The van der Waals surface area contributed by atoms with Gasteiger partial charge in [0.2, 0.25) is 0 Å². The third-order valence-electron chi connectivity index (χ3n) is 2.97. The summed E-state index contributed by atoms with van der Waals surface area (Å²) in [6.45, 7) is 4.23. The van der Waals surface area contributed by atoms with Crippen LogP contribution in [0.4, 0.5) is 4.39 Å². The molecule has 2 rings (SSSR count). The van der Waals surface area contributed by atoms with Crippen LogP contribution >= 0.6 is 0 Å². The van der Waals surface area contributed by atoms with Gasteiger partial charge < -0.3 is 9.84 Å². The fraction of sp³-hybridized carbons (Fsp3) is 0.250. The summed E-state index contributed by atoms with van der Waals surface area (Å²) in [5, 5.41) is 9.13. The number of halogens is 1. The molecule has 0 aliphatic rings. The van der Waals surface area contributed by atoms with Crippen molar-refractivity contribution in [3.05, 3.63) is 64.5 Å². The van der Waals surface area contributed by atoms with Crippen LogP contribution in [0, 0.1) is 19.7 Å². The highest BCUT2D eigenvalue weighted by Gasteiger charge is 2.07. The Labute approximate surface area is 112 Å². The zero-order valence-corrected chi connectivity index (χ0v) is 11.1. The lowest BCUT2D eigenvalue weighted by Gasteiger charge is -2.13. The molecule has 19 heavy (non-hydrogen) atoms. The van der Waals surface area contributed by atoms with Gasteiger partial charge in [-0.15, -0.1) is 0 Å². The van der Waals surface area contributed by atoms with E-state index in [9.17, 15) is 4.39 Å². The highest BCUT2D eigenvalue weighted by atomic mass is 19.1. The molecule has 0 atom stereocenters. The van der Waals surface area contributed by atoms with Crippen molar-refractivity contribution in [2.45, 2.75) is 27.1 Å². The number of aryl methyl sites for hydroxylation is 2. The molecule has 2 nitrogen and oxygen atoms in total. The van der Waals surface area contributed by atoms with Crippen LogP contribution in [-0.2, 0) is 13.2 Å². The van der Waals surface area contributed by atoms with Crippen LogP contribution in [-0.4, -0.2) is 5.11 Å². The Morgan fingerprint density at radius 3 is 2.32 bits per heavy atom. The number of aliphatic hydroxyl groups is 1. The second-order valence-electron chi connectivity index (χ2n) is 4.64. The minimum absolute atomic E-state index is 0.0197. The van der Waals surface area contributed by atoms with Crippen molar-refractivity contribution in [3.8, 4) is 5.75 Å². The van der Waals surface area contributed by atoms with E-state index >= 15 is 0 Å². The van der Waals surface area contributed by atoms with Gasteiger partial charge in [0.25, 0.3) is 0 Å². The first-order valence-corrected chi connectivity index (χ1v) is 6.18. The zero-order chi connectivity index (χ0) is 13.8. The lowest BCUT2D eigenvalue weighted by Crippen LogP contribution is -2.00. The molecule has 0 aromatic heterocycles. The normalized spacial score (nSPS) is 10.5. The smallest absolute Gasteiger partial charge is 0.125 e. The summed E-state index contributed by atoms with van der Waals surface area (Å²) in [6, 6.07) is 10.2. The van der Waals surface area contributed by atoms with Gasteiger partial charge >= 0.3 is 0 Å². The number of aliphatic hydroxyl groups excluding tert-OH is 1. The molecule has 0 saturated heterocycles. The minimum Gasteiger partial charge on any atom is -0.488 e. The van der Waals surface area contributed by atoms with E-state index in [1.54, 1.807) is 6.07 Å². The van der Waals surface area contributed by atoms with Crippen LogP contribution in [0.2, 0.25) is 0 Å². The van der Waals surface area contributed by atoms with E-state index in [-0.39, 0.29) is 12.4 Å². The number of rotatable bonds is 4. The standard InChI is InChI=1S/C16H17FO2/c1-11-6-14(9-18)7-12(2)16(11)19-10-13-4-3-5-15(17)8-13/h3-8,18H,9-10H2,1-2H3. The predicted octanol–water partition coefficient (Wildman–Crippen LogP) is 3.51. The molecular formula is C16H17FO2. The molecule has 0 radical (unpaired) electrons. The largest absolute Gasteiger partial charge is 0.488 e. The third-order valence-corrected chi connectivity index (χ3v) is 2.97. The fourth-order valence-electron chi connectivity index (χ4n) is 2.14. The number of benzene rings is 2. The molecule has 0 fully saturated rings. The number of hydrogen-bond donors (Lipinski definition) is 1. The van der Waals surface area contributed by atoms with E-state index in [1.807, 2.05) is 32.0 Å². The Balaban J connectivity index is 2.16. The zero-order valence-electron chi connectivity index (χ0n) is 11.1. The van der Waals surface area contributed by atoms with Crippen LogP contribution < -0.4 is 4.74 Å². The van der Waals surface area contributed by atoms with Crippen LogP contribution in [0.25, 0.3) is 0 Å². The van der Waals surface area contributed by atoms with E-state index in [0.29, 0.717) is 6.61 Å². The predicted molar refractivity (Wildman–Crippen MR) is 72.6 cm³/mol. The molecule has 2 aromatic rings. The van der Waals surface area contributed by atoms with Crippen molar-refractivity contribution in [2.75, 3.05) is 0 Å². The van der Waals surface area contributed by atoms with Crippen LogP contribution in [0.5, 0.6) is 5.75 Å². The van der Waals surface area contributed by atoms with Crippen LogP contribution in [0.3, 0.4) is 0 Å². The van der Waals surface area contributed by atoms with Crippen molar-refractivity contribution in [1.82, 2.24) is 0 Å². The maximum atomic E-state index is 13.1. The Hall–Kier alpha value is -1.87. The third kappa shape index (κ3) is 3.32. The van der Waals surface area contributed by atoms with Crippen LogP contribution in [0.1, 0.15) is 22.3 Å². The van der Waals surface area contributed by atoms with Gasteiger partial charge in [-0.3, -0.25) is 0 Å². The summed E-state index contributed by atoms with van der Waals surface area (Å²) in [7, 11) is 0. The van der Waals surface area contributed by atoms with Gasteiger partial charge in [0, 0.05) is 0 Å². The highest BCUT2D eigenvalue weighted by molar-refractivity contribution is 5.43. The van der Waals surface area contributed by atoms with Gasteiger partial charge in [-0.2, -0.15) is 0 Å². The molecule has 0 unspecified atom stereocenters. The van der Waals surface area contributed by atoms with Crippen molar-refractivity contribution >= 4 is 0 Å². The molecule has 0 aliphatic carbocycles. The summed E-state index contributed by atoms with van der Waals surface area (Å²) < 4.78 is 18.8. The van der Waals surface area contributed by atoms with Crippen LogP contribution in [0.15, 0.2) is 36.4 Å². The monoisotopic (exact) mass is 260 g/mol. The molecule has 2 aromatic carbocycles. The topological polar surface area (TPSA) is 29.5 Å². The molecule has 0 heterocycles. The SMILES string of the molecule is Cc1cc(CO)cc(C)c1OCc1cccc(F)c1. The first-order chi connectivity index (χ1) is 9.10. The van der Waals surface area contributed by atoms with E-state index < -0.39 is 0 Å². The highest BCUT2D eigenvalue weighted by Crippen LogP contribution is 2.25. The molecule has 1 N–H and O–H groups in total. The molecule has 0 spiro atoms. The summed E-state index contributed by atoms with van der Waals surface area (Å²) in [5.74, 6) is 0.534. The van der Waals surface area contributed by atoms with E-state index in [4.69, 9.17) is 9.84 Å². The maximum Gasteiger partial charge on any atom is 0.125 e. The fourth-order valence-corrected chi connectivity index (χ4v) is 2.14. The summed E-state index contributed by atoms with van der Waals surface area (Å²) >= 11 is 0. The second-order valence-corrected chi connectivity index (χ2v) is 4.64. The van der Waals surface area contributed by atoms with E-state index in [2.05, 4.69) is 0 Å². The van der Waals surface area contributed by atoms with Crippen molar-refractivity contribution in [1.29, 1.82) is 0 Å². The quantitative estimate of drug-likeness (QED) is 0.911. The molecule has 100 valence electrons. The molecule has 0 aliphatic heterocycles. The minimum atomic E-state index is -0.259. The lowest BCUT2D eigenvalue weighted by atomic mass is 10.1. The van der Waals surface area contributed by atoms with E-state index in [0.717, 1.165) is 28.0 Å². The average Bonchev–Trinajstić information content (AvgIpc) is 2.37. The number of ether oxygens (including phenoxy) is 1. The molecular weight excluding hydrogens is 243 g/mol. The summed E-state index contributed by atoms with van der Waals surface area (Å²) in [4.78, 5) is 0. The van der Waals surface area contributed by atoms with Gasteiger partial charge in [-0.1, -0.05) is 24.3 Å².